The second-order valence-electron chi connectivity index (χ2n) is 5.97. The molecule has 2 heteroatoms. The second kappa shape index (κ2) is 7.98. The first-order valence-electron chi connectivity index (χ1n) is 7.81. The third-order valence-electron chi connectivity index (χ3n) is 4.28. The van der Waals surface area contributed by atoms with Gasteiger partial charge in [0.1, 0.15) is 0 Å². The van der Waals surface area contributed by atoms with Crippen LogP contribution in [-0.4, -0.2) is 22.9 Å². The van der Waals surface area contributed by atoms with Gasteiger partial charge < -0.3 is 10.2 Å². The highest BCUT2D eigenvalue weighted by atomic mass is 16.3. The first kappa shape index (κ1) is 16.5. The molecule has 2 rings (SSSR count). The number of allylic oxidation sites excluding steroid dienone is 2. The summed E-state index contributed by atoms with van der Waals surface area (Å²) < 4.78 is 0. The van der Waals surface area contributed by atoms with Gasteiger partial charge in [-0.15, -0.1) is 0 Å². The van der Waals surface area contributed by atoms with E-state index in [9.17, 15) is 10.2 Å². The van der Waals surface area contributed by atoms with E-state index in [2.05, 4.69) is 31.4 Å². The van der Waals surface area contributed by atoms with Gasteiger partial charge in [0.2, 0.25) is 0 Å². The highest BCUT2D eigenvalue weighted by Gasteiger charge is 2.24. The lowest BCUT2D eigenvalue weighted by Crippen LogP contribution is -2.26. The van der Waals surface area contributed by atoms with Crippen molar-refractivity contribution in [2.75, 3.05) is 6.61 Å². The van der Waals surface area contributed by atoms with E-state index < -0.39 is 12.0 Å². The van der Waals surface area contributed by atoms with E-state index in [4.69, 9.17) is 0 Å². The molecule has 3 atom stereocenters. The molecular formula is C20H24O2. The maximum Gasteiger partial charge on any atom is 0.0909 e. The third-order valence-corrected chi connectivity index (χ3v) is 4.28. The Hall–Kier alpha value is -1.82. The van der Waals surface area contributed by atoms with Crippen LogP contribution in [0.25, 0.3) is 0 Å². The minimum absolute atomic E-state index is 0.137. The Balaban J connectivity index is 2.05. The van der Waals surface area contributed by atoms with E-state index in [-0.39, 0.29) is 6.61 Å². The van der Waals surface area contributed by atoms with Gasteiger partial charge in [0.15, 0.2) is 0 Å². The van der Waals surface area contributed by atoms with Crippen LogP contribution in [0.15, 0.2) is 54.1 Å². The molecule has 1 aromatic carbocycles. The highest BCUT2D eigenvalue weighted by molar-refractivity contribution is 5.35. The normalized spacial score (nSPS) is 20.3. The molecule has 0 saturated carbocycles. The Bertz CT molecular complexity index is 589. The molecule has 0 spiro atoms. The summed E-state index contributed by atoms with van der Waals surface area (Å²) in [4.78, 5) is 0. The van der Waals surface area contributed by atoms with Gasteiger partial charge in [-0.3, -0.25) is 0 Å². The Kier molecular flexibility index (Phi) is 6.00. The Labute approximate surface area is 133 Å². The van der Waals surface area contributed by atoms with Gasteiger partial charge in [0, 0.05) is 5.56 Å². The molecule has 0 heterocycles. The molecule has 0 radical (unpaired) electrons. The summed E-state index contributed by atoms with van der Waals surface area (Å²) in [7, 11) is 0. The molecule has 2 nitrogen and oxygen atoms in total. The zero-order valence-corrected chi connectivity index (χ0v) is 13.1. The van der Waals surface area contributed by atoms with Crippen molar-refractivity contribution in [1.82, 2.24) is 0 Å². The summed E-state index contributed by atoms with van der Waals surface area (Å²) in [6, 6.07) is 9.64. The van der Waals surface area contributed by atoms with Crippen LogP contribution in [-0.2, 0) is 0 Å². The topological polar surface area (TPSA) is 40.5 Å². The van der Waals surface area contributed by atoms with Gasteiger partial charge in [-0.25, -0.2) is 0 Å². The molecule has 1 aliphatic carbocycles. The van der Waals surface area contributed by atoms with E-state index in [0.29, 0.717) is 5.92 Å². The third kappa shape index (κ3) is 4.34. The van der Waals surface area contributed by atoms with Crippen LogP contribution in [0.4, 0.5) is 0 Å². The van der Waals surface area contributed by atoms with Crippen molar-refractivity contribution >= 4 is 0 Å². The zero-order chi connectivity index (χ0) is 15.9. The van der Waals surface area contributed by atoms with Gasteiger partial charge in [-0.1, -0.05) is 48.3 Å². The van der Waals surface area contributed by atoms with Gasteiger partial charge in [-0.05, 0) is 49.8 Å². The number of benzene rings is 1. The van der Waals surface area contributed by atoms with Gasteiger partial charge in [-0.2, -0.15) is 0 Å². The number of hydrogen-bond donors (Lipinski definition) is 2. The van der Waals surface area contributed by atoms with E-state index in [1.807, 2.05) is 30.3 Å². The van der Waals surface area contributed by atoms with E-state index in [1.54, 1.807) is 0 Å². The SMILES string of the molecule is C=C(C)[C@@H]1CC=C([C@@H](O)[C@H](C#Cc2ccccc2)CO)CC1. The molecular weight excluding hydrogens is 272 g/mol. The number of hydrogen-bond acceptors (Lipinski definition) is 2. The maximum atomic E-state index is 10.5. The maximum absolute atomic E-state index is 10.5. The van der Waals surface area contributed by atoms with E-state index in [1.165, 1.54) is 5.57 Å². The van der Waals surface area contributed by atoms with Crippen LogP contribution < -0.4 is 0 Å². The Morgan fingerprint density at radius 3 is 2.64 bits per heavy atom. The first-order valence-corrected chi connectivity index (χ1v) is 7.81. The van der Waals surface area contributed by atoms with Crippen LogP contribution >= 0.6 is 0 Å². The summed E-state index contributed by atoms with van der Waals surface area (Å²) in [5.41, 5.74) is 3.10. The molecule has 0 unspecified atom stereocenters. The average Bonchev–Trinajstić information content (AvgIpc) is 2.56. The van der Waals surface area contributed by atoms with E-state index >= 15 is 0 Å². The monoisotopic (exact) mass is 296 g/mol. The quantitative estimate of drug-likeness (QED) is 0.661. The largest absolute Gasteiger partial charge is 0.395 e. The predicted octanol–water partition coefficient (Wildman–Crippen LogP) is 3.31. The van der Waals surface area contributed by atoms with Crippen LogP contribution in [0.3, 0.4) is 0 Å². The van der Waals surface area contributed by atoms with Gasteiger partial charge >= 0.3 is 0 Å². The minimum Gasteiger partial charge on any atom is -0.395 e. The molecule has 116 valence electrons. The molecule has 0 fully saturated rings. The van der Waals surface area contributed by atoms with Crippen molar-refractivity contribution in [3.05, 3.63) is 59.7 Å². The molecule has 0 bridgehead atoms. The standard InChI is InChI=1S/C20H24O2/c1-15(2)17-10-12-18(13-11-17)20(22)19(14-21)9-8-16-6-4-3-5-7-16/h3-7,12,17,19-22H,1,10-11,13-14H2,2H3/t17-,19-,20-/m1/s1. The fourth-order valence-corrected chi connectivity index (χ4v) is 2.75. The van der Waals surface area contributed by atoms with Gasteiger partial charge in [0.25, 0.3) is 0 Å². The average molecular weight is 296 g/mol. The molecule has 1 aromatic rings. The molecule has 0 saturated heterocycles. The predicted molar refractivity (Wildman–Crippen MR) is 90.1 cm³/mol. The summed E-state index contributed by atoms with van der Waals surface area (Å²) in [5.74, 6) is 6.12. The van der Waals surface area contributed by atoms with Crippen LogP contribution in [0.1, 0.15) is 31.7 Å². The molecule has 2 N–H and O–H groups in total. The Morgan fingerprint density at radius 1 is 1.36 bits per heavy atom. The minimum atomic E-state index is -0.688. The van der Waals surface area contributed by atoms with Crippen LogP contribution in [0.5, 0.6) is 0 Å². The van der Waals surface area contributed by atoms with Crippen molar-refractivity contribution in [3.63, 3.8) is 0 Å². The molecule has 0 amide bonds. The molecule has 0 aromatic heterocycles. The van der Waals surface area contributed by atoms with Crippen molar-refractivity contribution < 1.29 is 10.2 Å². The van der Waals surface area contributed by atoms with Crippen LogP contribution in [0.2, 0.25) is 0 Å². The lowest BCUT2D eigenvalue weighted by molar-refractivity contribution is 0.118. The molecule has 0 aliphatic heterocycles. The highest BCUT2D eigenvalue weighted by Crippen LogP contribution is 2.31. The number of aliphatic hydroxyl groups is 2. The number of aliphatic hydroxyl groups excluding tert-OH is 2. The number of rotatable bonds is 4. The molecule has 1 aliphatic rings. The van der Waals surface area contributed by atoms with E-state index in [0.717, 1.165) is 30.4 Å². The zero-order valence-electron chi connectivity index (χ0n) is 13.1. The van der Waals surface area contributed by atoms with Gasteiger partial charge in [0.05, 0.1) is 18.6 Å². The van der Waals surface area contributed by atoms with Crippen molar-refractivity contribution in [1.29, 1.82) is 0 Å². The van der Waals surface area contributed by atoms with Crippen molar-refractivity contribution in [2.24, 2.45) is 11.8 Å². The Morgan fingerprint density at radius 2 is 2.09 bits per heavy atom. The van der Waals surface area contributed by atoms with Crippen LogP contribution in [0, 0.1) is 23.7 Å². The van der Waals surface area contributed by atoms with Crippen molar-refractivity contribution in [3.8, 4) is 11.8 Å². The summed E-state index contributed by atoms with van der Waals surface area (Å²) >= 11 is 0. The second-order valence-corrected chi connectivity index (χ2v) is 5.97. The fourth-order valence-electron chi connectivity index (χ4n) is 2.75. The lowest BCUT2D eigenvalue weighted by Gasteiger charge is -2.26. The summed E-state index contributed by atoms with van der Waals surface area (Å²) in [6.45, 7) is 5.93. The summed E-state index contributed by atoms with van der Waals surface area (Å²) in [5, 5.41) is 20.0. The fraction of sp³-hybridized carbons (Fsp3) is 0.400. The smallest absolute Gasteiger partial charge is 0.0909 e. The molecule has 22 heavy (non-hydrogen) atoms. The summed E-state index contributed by atoms with van der Waals surface area (Å²) in [6.07, 6.45) is 4.20. The first-order chi connectivity index (χ1) is 10.6. The lowest BCUT2D eigenvalue weighted by atomic mass is 9.81. The van der Waals surface area contributed by atoms with Crippen molar-refractivity contribution in [2.45, 2.75) is 32.3 Å².